The Bertz CT molecular complexity index is 1230. The average Bonchev–Trinajstić information content (AvgIpc) is 3.23. The monoisotopic (exact) mass is 425 g/mol. The van der Waals surface area contributed by atoms with Crippen LogP contribution in [-0.2, 0) is 12.8 Å². The average molecular weight is 426 g/mol. The molecule has 0 saturated carbocycles. The molecule has 0 radical (unpaired) electrons. The van der Waals surface area contributed by atoms with Gasteiger partial charge in [-0.15, -0.1) is 11.3 Å². The van der Waals surface area contributed by atoms with Crippen LogP contribution >= 0.6 is 23.1 Å². The van der Waals surface area contributed by atoms with Crippen molar-refractivity contribution in [1.29, 1.82) is 0 Å². The summed E-state index contributed by atoms with van der Waals surface area (Å²) in [5.74, 6) is 1.95. The van der Waals surface area contributed by atoms with Crippen molar-refractivity contribution in [3.05, 3.63) is 63.9 Å². The summed E-state index contributed by atoms with van der Waals surface area (Å²) in [6, 6.07) is 13.1. The van der Waals surface area contributed by atoms with Gasteiger partial charge in [0.2, 0.25) is 0 Å². The number of hydrogen-bond donors (Lipinski definition) is 0. The number of para-hydroxylation sites is 2. The molecule has 0 unspecified atom stereocenters. The van der Waals surface area contributed by atoms with Crippen LogP contribution in [0.3, 0.4) is 0 Å². The molecule has 8 heteroatoms. The van der Waals surface area contributed by atoms with Crippen molar-refractivity contribution >= 4 is 34.0 Å². The normalized spacial score (nSPS) is 11.0. The van der Waals surface area contributed by atoms with Crippen molar-refractivity contribution in [2.45, 2.75) is 10.9 Å². The summed E-state index contributed by atoms with van der Waals surface area (Å²) in [6.45, 7) is 0. The molecular formula is C21H19N3O3S2. The second-order valence-electron chi connectivity index (χ2n) is 6.25. The predicted molar refractivity (Wildman–Crippen MR) is 117 cm³/mol. The molecule has 2 aromatic heterocycles. The summed E-state index contributed by atoms with van der Waals surface area (Å²) in [6.07, 6.45) is 0. The maximum Gasteiger partial charge on any atom is 0.261 e. The first-order valence-electron chi connectivity index (χ1n) is 8.86. The number of fused-ring (bicyclic) bond motifs is 1. The molecule has 0 bridgehead atoms. The van der Waals surface area contributed by atoms with E-state index < -0.39 is 0 Å². The highest BCUT2D eigenvalue weighted by Crippen LogP contribution is 2.39. The van der Waals surface area contributed by atoms with Crippen LogP contribution in [0.25, 0.3) is 21.5 Å². The van der Waals surface area contributed by atoms with E-state index in [1.807, 2.05) is 41.8 Å². The van der Waals surface area contributed by atoms with Crippen LogP contribution in [0.4, 0.5) is 0 Å². The molecule has 0 saturated heterocycles. The number of nitrogens with zero attached hydrogens (tertiary/aromatic N) is 3. The topological polar surface area (TPSA) is 66.2 Å². The summed E-state index contributed by atoms with van der Waals surface area (Å²) in [4.78, 5) is 21.9. The van der Waals surface area contributed by atoms with E-state index in [1.165, 1.54) is 11.8 Å². The predicted octanol–water partition coefficient (Wildman–Crippen LogP) is 4.37. The first kappa shape index (κ1) is 19.5. The third-order valence-electron chi connectivity index (χ3n) is 4.48. The van der Waals surface area contributed by atoms with Crippen LogP contribution < -0.4 is 15.0 Å². The van der Waals surface area contributed by atoms with Crippen LogP contribution in [0, 0.1) is 0 Å². The number of thiazole rings is 1. The highest BCUT2D eigenvalue weighted by molar-refractivity contribution is 7.98. The number of rotatable bonds is 6. The second kappa shape index (κ2) is 8.26. The third kappa shape index (κ3) is 3.73. The van der Waals surface area contributed by atoms with Crippen molar-refractivity contribution < 1.29 is 9.47 Å². The van der Waals surface area contributed by atoms with E-state index in [-0.39, 0.29) is 5.56 Å². The summed E-state index contributed by atoms with van der Waals surface area (Å²) in [5, 5.41) is 4.17. The lowest BCUT2D eigenvalue weighted by molar-refractivity contribution is 0.356. The van der Waals surface area contributed by atoms with Gasteiger partial charge in [-0.05, 0) is 24.3 Å². The number of thioether (sulfide) groups is 1. The van der Waals surface area contributed by atoms with Gasteiger partial charge in [0.25, 0.3) is 5.56 Å². The van der Waals surface area contributed by atoms with Crippen LogP contribution in [-0.4, -0.2) is 28.8 Å². The maximum atomic E-state index is 12.6. The molecule has 0 fully saturated rings. The lowest BCUT2D eigenvalue weighted by atomic mass is 10.2. The van der Waals surface area contributed by atoms with E-state index in [0.29, 0.717) is 33.3 Å². The molecule has 148 valence electrons. The van der Waals surface area contributed by atoms with Gasteiger partial charge in [0.05, 0.1) is 36.4 Å². The lowest BCUT2D eigenvalue weighted by Gasteiger charge is -2.10. The van der Waals surface area contributed by atoms with E-state index in [9.17, 15) is 4.79 Å². The third-order valence-corrected chi connectivity index (χ3v) is 6.46. The molecule has 0 spiro atoms. The standard InChI is InChI=1S/C21H19N3O3S2/c1-24-20(25)14-7-4-5-9-16(14)23-21(24)29-12-13-11-28-19(22-13)15-8-6-10-17(26-2)18(15)27-3/h4-11H,12H2,1-3H3. The Morgan fingerprint density at radius 2 is 1.90 bits per heavy atom. The molecule has 0 aliphatic carbocycles. The van der Waals surface area contributed by atoms with Crippen LogP contribution in [0.2, 0.25) is 0 Å². The summed E-state index contributed by atoms with van der Waals surface area (Å²) in [5.41, 5.74) is 2.47. The molecule has 4 aromatic rings. The first-order valence-corrected chi connectivity index (χ1v) is 10.7. The number of methoxy groups -OCH3 is 2. The molecule has 0 N–H and O–H groups in total. The van der Waals surface area contributed by atoms with Crippen molar-refractivity contribution in [2.75, 3.05) is 14.2 Å². The van der Waals surface area contributed by atoms with Crippen molar-refractivity contribution in [3.63, 3.8) is 0 Å². The Kier molecular flexibility index (Phi) is 5.55. The lowest BCUT2D eigenvalue weighted by Crippen LogP contribution is -2.19. The Morgan fingerprint density at radius 1 is 1.07 bits per heavy atom. The van der Waals surface area contributed by atoms with Crippen molar-refractivity contribution in [3.8, 4) is 22.1 Å². The highest BCUT2D eigenvalue weighted by Gasteiger charge is 2.15. The number of hydrogen-bond acceptors (Lipinski definition) is 7. The summed E-state index contributed by atoms with van der Waals surface area (Å²) in [7, 11) is 4.99. The highest BCUT2D eigenvalue weighted by atomic mass is 32.2. The van der Waals surface area contributed by atoms with Gasteiger partial charge in [-0.3, -0.25) is 9.36 Å². The van der Waals surface area contributed by atoms with Gasteiger partial charge in [-0.1, -0.05) is 30.0 Å². The molecule has 2 aromatic carbocycles. The Balaban J connectivity index is 1.59. The Hall–Kier alpha value is -2.84. The zero-order chi connectivity index (χ0) is 20.4. The smallest absolute Gasteiger partial charge is 0.261 e. The minimum atomic E-state index is -0.0433. The molecule has 0 amide bonds. The number of aromatic nitrogens is 3. The molecule has 29 heavy (non-hydrogen) atoms. The van der Waals surface area contributed by atoms with Gasteiger partial charge in [-0.2, -0.15) is 0 Å². The van der Waals surface area contributed by atoms with Crippen LogP contribution in [0.15, 0.2) is 57.8 Å². The first-order chi connectivity index (χ1) is 14.1. The van der Waals surface area contributed by atoms with Gasteiger partial charge in [0.1, 0.15) is 5.01 Å². The minimum absolute atomic E-state index is 0.0433. The zero-order valence-corrected chi connectivity index (χ0v) is 17.8. The zero-order valence-electron chi connectivity index (χ0n) is 16.2. The molecule has 0 aliphatic heterocycles. The van der Waals surface area contributed by atoms with E-state index in [2.05, 4.69) is 4.98 Å². The van der Waals surface area contributed by atoms with Crippen LogP contribution in [0.1, 0.15) is 5.69 Å². The number of benzene rings is 2. The van der Waals surface area contributed by atoms with E-state index in [4.69, 9.17) is 14.5 Å². The molecule has 0 atom stereocenters. The molecule has 2 heterocycles. The summed E-state index contributed by atoms with van der Waals surface area (Å²) >= 11 is 3.04. The van der Waals surface area contributed by atoms with Gasteiger partial charge in [-0.25, -0.2) is 9.97 Å². The quantitative estimate of drug-likeness (QED) is 0.338. The fraction of sp³-hybridized carbons (Fsp3) is 0.190. The van der Waals surface area contributed by atoms with E-state index in [1.54, 1.807) is 43.2 Å². The molecule has 4 rings (SSSR count). The molecular weight excluding hydrogens is 406 g/mol. The van der Waals surface area contributed by atoms with Crippen LogP contribution in [0.5, 0.6) is 11.5 Å². The minimum Gasteiger partial charge on any atom is -0.493 e. The fourth-order valence-corrected chi connectivity index (χ4v) is 4.83. The van der Waals surface area contributed by atoms with Gasteiger partial charge in [0, 0.05) is 18.2 Å². The van der Waals surface area contributed by atoms with Crippen molar-refractivity contribution in [2.24, 2.45) is 7.05 Å². The van der Waals surface area contributed by atoms with E-state index >= 15 is 0 Å². The van der Waals surface area contributed by atoms with Gasteiger partial charge < -0.3 is 9.47 Å². The fourth-order valence-electron chi connectivity index (χ4n) is 3.02. The Labute approximate surface area is 176 Å². The number of ether oxygens (including phenoxy) is 2. The Morgan fingerprint density at radius 3 is 2.69 bits per heavy atom. The maximum absolute atomic E-state index is 12.6. The largest absolute Gasteiger partial charge is 0.493 e. The second-order valence-corrected chi connectivity index (χ2v) is 8.05. The van der Waals surface area contributed by atoms with Gasteiger partial charge >= 0.3 is 0 Å². The van der Waals surface area contributed by atoms with Crippen molar-refractivity contribution in [1.82, 2.24) is 14.5 Å². The SMILES string of the molecule is COc1cccc(-c2nc(CSc3nc4ccccc4c(=O)n3C)cs2)c1OC. The van der Waals surface area contributed by atoms with Gasteiger partial charge in [0.15, 0.2) is 16.7 Å². The molecule has 6 nitrogen and oxygen atoms in total. The molecule has 0 aliphatic rings. The summed E-state index contributed by atoms with van der Waals surface area (Å²) < 4.78 is 12.5. The van der Waals surface area contributed by atoms with E-state index in [0.717, 1.165) is 16.3 Å².